The number of benzene rings is 2. The molecule has 0 amide bonds. The van der Waals surface area contributed by atoms with Crippen LogP contribution in [0.25, 0.3) is 10.8 Å². The third-order valence-electron chi connectivity index (χ3n) is 4.50. The number of aromatic nitrogens is 2. The zero-order valence-electron chi connectivity index (χ0n) is 16.1. The van der Waals surface area contributed by atoms with Gasteiger partial charge in [0.25, 0.3) is 0 Å². The number of hydrazone groups is 1. The quantitative estimate of drug-likeness (QED) is 0.349. The smallest absolute Gasteiger partial charge is 0.240 e. The van der Waals surface area contributed by atoms with E-state index in [0.717, 1.165) is 16.3 Å². The molecule has 4 aromatic rings. The van der Waals surface area contributed by atoms with Crippen LogP contribution in [0.3, 0.4) is 0 Å². The minimum atomic E-state index is -3.64. The Morgan fingerprint density at radius 1 is 1.07 bits per heavy atom. The maximum Gasteiger partial charge on any atom is 0.240 e. The van der Waals surface area contributed by atoms with Crippen molar-refractivity contribution in [3.63, 3.8) is 0 Å². The molecule has 2 heterocycles. The van der Waals surface area contributed by atoms with Crippen LogP contribution < -0.4 is 10.1 Å². The van der Waals surface area contributed by atoms with Gasteiger partial charge in [-0.25, -0.2) is 13.1 Å². The fourth-order valence-corrected chi connectivity index (χ4v) is 3.84. The van der Waals surface area contributed by atoms with Crippen molar-refractivity contribution in [1.82, 2.24) is 14.9 Å². The van der Waals surface area contributed by atoms with Gasteiger partial charge in [-0.3, -0.25) is 5.43 Å². The van der Waals surface area contributed by atoms with Crippen molar-refractivity contribution in [2.24, 2.45) is 5.10 Å². The van der Waals surface area contributed by atoms with Crippen LogP contribution in [0.2, 0.25) is 0 Å². The Labute approximate surface area is 173 Å². The monoisotopic (exact) mass is 421 g/mol. The van der Waals surface area contributed by atoms with Gasteiger partial charge >= 0.3 is 0 Å². The van der Waals surface area contributed by atoms with Gasteiger partial charge in [-0.2, -0.15) is 10.2 Å². The number of nitrogens with zero attached hydrogens (tertiary/aromatic N) is 3. The van der Waals surface area contributed by atoms with Gasteiger partial charge in [0, 0.05) is 10.8 Å². The highest BCUT2D eigenvalue weighted by molar-refractivity contribution is 7.89. The SMILES string of the molecule is C/C(=N\Nc1nncc2ccccc12)c1ccc(S(=O)(=O)NCc2ccco2)cc1. The van der Waals surface area contributed by atoms with Gasteiger partial charge in [-0.05, 0) is 36.8 Å². The van der Waals surface area contributed by atoms with E-state index in [1.807, 2.05) is 31.2 Å². The number of rotatable bonds is 7. The molecule has 0 aliphatic carbocycles. The predicted molar refractivity (Wildman–Crippen MR) is 115 cm³/mol. The third kappa shape index (κ3) is 4.37. The average Bonchev–Trinajstić information content (AvgIpc) is 3.30. The Morgan fingerprint density at radius 2 is 1.87 bits per heavy atom. The van der Waals surface area contributed by atoms with Crippen LogP contribution in [0.4, 0.5) is 5.82 Å². The molecule has 0 aliphatic rings. The number of hydrogen-bond acceptors (Lipinski definition) is 7. The van der Waals surface area contributed by atoms with Crippen molar-refractivity contribution in [2.75, 3.05) is 5.43 Å². The number of fused-ring (bicyclic) bond motifs is 1. The van der Waals surface area contributed by atoms with Gasteiger partial charge in [0.1, 0.15) is 5.76 Å². The maximum absolute atomic E-state index is 12.4. The van der Waals surface area contributed by atoms with E-state index in [1.54, 1.807) is 30.5 Å². The first-order valence-corrected chi connectivity index (χ1v) is 10.6. The van der Waals surface area contributed by atoms with Crippen LogP contribution in [0.5, 0.6) is 0 Å². The molecule has 2 aromatic carbocycles. The summed E-state index contributed by atoms with van der Waals surface area (Å²) in [5, 5.41) is 14.3. The molecule has 2 N–H and O–H groups in total. The second kappa shape index (κ2) is 8.44. The zero-order valence-corrected chi connectivity index (χ0v) is 16.9. The summed E-state index contributed by atoms with van der Waals surface area (Å²) in [6.07, 6.45) is 3.19. The normalized spacial score (nSPS) is 12.2. The van der Waals surface area contributed by atoms with Crippen LogP contribution in [-0.4, -0.2) is 24.3 Å². The number of sulfonamides is 1. The van der Waals surface area contributed by atoms with Gasteiger partial charge in [0.15, 0.2) is 5.82 Å². The molecule has 30 heavy (non-hydrogen) atoms. The Kier molecular flexibility index (Phi) is 5.55. The first-order valence-electron chi connectivity index (χ1n) is 9.16. The number of hydrogen-bond donors (Lipinski definition) is 2. The van der Waals surface area contributed by atoms with Gasteiger partial charge < -0.3 is 4.42 Å². The van der Waals surface area contributed by atoms with Crippen LogP contribution in [0, 0.1) is 0 Å². The van der Waals surface area contributed by atoms with Crippen LogP contribution >= 0.6 is 0 Å². The fourth-order valence-electron chi connectivity index (χ4n) is 2.85. The van der Waals surface area contributed by atoms with Crippen molar-refractivity contribution in [3.8, 4) is 0 Å². The molecule has 0 spiro atoms. The Hall–Kier alpha value is -3.56. The molecular formula is C21H19N5O3S. The first kappa shape index (κ1) is 19.7. The minimum absolute atomic E-state index is 0.0908. The van der Waals surface area contributed by atoms with E-state index >= 15 is 0 Å². The van der Waals surface area contributed by atoms with Gasteiger partial charge in [-0.1, -0.05) is 36.4 Å². The van der Waals surface area contributed by atoms with Crippen molar-refractivity contribution in [2.45, 2.75) is 18.4 Å². The predicted octanol–water partition coefficient (Wildman–Crippen LogP) is 3.54. The van der Waals surface area contributed by atoms with Crippen LogP contribution in [-0.2, 0) is 16.6 Å². The Balaban J connectivity index is 1.47. The summed E-state index contributed by atoms with van der Waals surface area (Å²) in [5.41, 5.74) is 4.40. The van der Waals surface area contributed by atoms with Gasteiger partial charge in [0.2, 0.25) is 10.0 Å². The topological polar surface area (TPSA) is 109 Å². The van der Waals surface area contributed by atoms with E-state index in [0.29, 0.717) is 17.3 Å². The van der Waals surface area contributed by atoms with Crippen molar-refractivity contribution in [3.05, 3.63) is 84.4 Å². The molecule has 8 nitrogen and oxygen atoms in total. The van der Waals surface area contributed by atoms with E-state index in [9.17, 15) is 8.42 Å². The first-order chi connectivity index (χ1) is 14.5. The van der Waals surface area contributed by atoms with Gasteiger partial charge in [-0.15, -0.1) is 5.10 Å². The summed E-state index contributed by atoms with van der Waals surface area (Å²) >= 11 is 0. The van der Waals surface area contributed by atoms with Crippen molar-refractivity contribution in [1.29, 1.82) is 0 Å². The Bertz CT molecular complexity index is 1280. The molecule has 0 unspecified atom stereocenters. The molecule has 0 aliphatic heterocycles. The summed E-state index contributed by atoms with van der Waals surface area (Å²) in [7, 11) is -3.64. The van der Waals surface area contributed by atoms with Crippen molar-refractivity contribution >= 4 is 32.3 Å². The molecule has 9 heteroatoms. The van der Waals surface area contributed by atoms with Crippen LogP contribution in [0.15, 0.2) is 87.5 Å². The summed E-state index contributed by atoms with van der Waals surface area (Å²) in [6, 6.07) is 17.6. The average molecular weight is 421 g/mol. The summed E-state index contributed by atoms with van der Waals surface area (Å²) in [5.74, 6) is 1.09. The molecular weight excluding hydrogens is 402 g/mol. The van der Waals surface area contributed by atoms with Gasteiger partial charge in [0.05, 0.1) is 29.6 Å². The molecule has 0 bridgehead atoms. The molecule has 0 radical (unpaired) electrons. The second-order valence-corrected chi connectivity index (χ2v) is 8.28. The second-order valence-electron chi connectivity index (χ2n) is 6.52. The highest BCUT2D eigenvalue weighted by Gasteiger charge is 2.14. The standard InChI is InChI=1S/C21H19N5O3S/c1-15(24-26-21-20-7-3-2-5-17(20)13-22-25-21)16-8-10-19(11-9-16)30(27,28)23-14-18-6-4-12-29-18/h2-13,23H,14H2,1H3,(H,25,26)/b24-15+. The van der Waals surface area contributed by atoms with Crippen LogP contribution in [0.1, 0.15) is 18.2 Å². The number of anilines is 1. The maximum atomic E-state index is 12.4. The summed E-state index contributed by atoms with van der Waals surface area (Å²) < 4.78 is 32.5. The molecule has 0 atom stereocenters. The lowest BCUT2D eigenvalue weighted by Gasteiger charge is -2.08. The fraction of sp³-hybridized carbons (Fsp3) is 0.0952. The number of furan rings is 1. The lowest BCUT2D eigenvalue weighted by Crippen LogP contribution is -2.23. The van der Waals surface area contributed by atoms with E-state index in [2.05, 4.69) is 25.4 Å². The van der Waals surface area contributed by atoms with E-state index in [4.69, 9.17) is 4.42 Å². The van der Waals surface area contributed by atoms with Crippen molar-refractivity contribution < 1.29 is 12.8 Å². The molecule has 0 fully saturated rings. The highest BCUT2D eigenvalue weighted by atomic mass is 32.2. The minimum Gasteiger partial charge on any atom is -0.468 e. The zero-order chi connectivity index (χ0) is 21.0. The molecule has 2 aromatic heterocycles. The lowest BCUT2D eigenvalue weighted by atomic mass is 10.1. The largest absolute Gasteiger partial charge is 0.468 e. The van der Waals surface area contributed by atoms with E-state index in [-0.39, 0.29) is 11.4 Å². The molecule has 0 saturated heterocycles. The lowest BCUT2D eigenvalue weighted by molar-refractivity contribution is 0.498. The summed E-state index contributed by atoms with van der Waals surface area (Å²) in [6.45, 7) is 1.91. The van der Waals surface area contributed by atoms with E-state index in [1.165, 1.54) is 18.4 Å². The highest BCUT2D eigenvalue weighted by Crippen LogP contribution is 2.19. The molecule has 0 saturated carbocycles. The third-order valence-corrected chi connectivity index (χ3v) is 5.92. The number of nitrogens with one attached hydrogen (secondary N) is 2. The van der Waals surface area contributed by atoms with E-state index < -0.39 is 10.0 Å². The summed E-state index contributed by atoms with van der Waals surface area (Å²) in [4.78, 5) is 0.165. The molecule has 4 rings (SSSR count). The Morgan fingerprint density at radius 3 is 2.63 bits per heavy atom. The molecule has 152 valence electrons.